The van der Waals surface area contributed by atoms with Gasteiger partial charge in [-0.25, -0.2) is 0 Å². The fourth-order valence-electron chi connectivity index (χ4n) is 1.90. The second-order valence-corrected chi connectivity index (χ2v) is 5.10. The van der Waals surface area contributed by atoms with Gasteiger partial charge in [-0.3, -0.25) is 4.99 Å². The van der Waals surface area contributed by atoms with Crippen molar-refractivity contribution in [2.45, 2.75) is 6.42 Å². The molecule has 1 saturated heterocycles. The van der Waals surface area contributed by atoms with E-state index < -0.39 is 0 Å². The Morgan fingerprint density at radius 1 is 1.69 bits per heavy atom. The van der Waals surface area contributed by atoms with Gasteiger partial charge in [0.05, 0.1) is 6.61 Å². The number of hydrogen-bond acceptors (Lipinski definition) is 2. The van der Waals surface area contributed by atoms with Gasteiger partial charge in [0.15, 0.2) is 5.96 Å². The molecule has 1 rings (SSSR count). The van der Waals surface area contributed by atoms with Crippen LogP contribution in [-0.2, 0) is 4.74 Å². The summed E-state index contributed by atoms with van der Waals surface area (Å²) in [6, 6.07) is 0. The Kier molecular flexibility index (Phi) is 5.84. The van der Waals surface area contributed by atoms with Crippen molar-refractivity contribution in [3.63, 3.8) is 0 Å². The number of ether oxygens (including phenoxy) is 1. The molecule has 1 unspecified atom stereocenters. The lowest BCUT2D eigenvalue weighted by molar-refractivity contribution is 0.157. The third kappa shape index (κ3) is 4.14. The van der Waals surface area contributed by atoms with Crippen LogP contribution in [0.15, 0.2) is 16.1 Å². The molecular weight excluding hydrogens is 270 g/mol. The van der Waals surface area contributed by atoms with E-state index in [-0.39, 0.29) is 0 Å². The number of guanidine groups is 1. The van der Waals surface area contributed by atoms with E-state index in [1.807, 2.05) is 7.05 Å². The number of methoxy groups -OCH3 is 1. The third-order valence-corrected chi connectivity index (χ3v) is 2.92. The predicted molar refractivity (Wildman–Crippen MR) is 71.0 cm³/mol. The zero-order chi connectivity index (χ0) is 12.0. The van der Waals surface area contributed by atoms with E-state index in [9.17, 15) is 0 Å². The smallest absolute Gasteiger partial charge is 0.193 e. The Bertz CT molecular complexity index is 268. The molecule has 0 aromatic heterocycles. The number of aliphatic imine (C=N–C) groups is 1. The van der Waals surface area contributed by atoms with Crippen molar-refractivity contribution in [2.75, 3.05) is 40.4 Å². The fourth-order valence-corrected chi connectivity index (χ4v) is 2.04. The van der Waals surface area contributed by atoms with Gasteiger partial charge in [-0.05, 0) is 6.42 Å². The molecule has 5 heteroatoms. The van der Waals surface area contributed by atoms with Crippen LogP contribution in [-0.4, -0.2) is 51.3 Å². The van der Waals surface area contributed by atoms with Gasteiger partial charge >= 0.3 is 0 Å². The van der Waals surface area contributed by atoms with Gasteiger partial charge in [0.25, 0.3) is 0 Å². The molecule has 0 saturated carbocycles. The normalized spacial score (nSPS) is 21.3. The highest BCUT2D eigenvalue weighted by atomic mass is 79.9. The van der Waals surface area contributed by atoms with E-state index in [1.165, 1.54) is 6.42 Å². The molecule has 1 heterocycles. The van der Waals surface area contributed by atoms with Crippen molar-refractivity contribution in [1.29, 1.82) is 0 Å². The average Bonchev–Trinajstić information content (AvgIpc) is 2.68. The molecule has 0 bridgehead atoms. The highest BCUT2D eigenvalue weighted by Gasteiger charge is 2.24. The lowest BCUT2D eigenvalue weighted by Crippen LogP contribution is -2.40. The van der Waals surface area contributed by atoms with Crippen molar-refractivity contribution in [2.24, 2.45) is 10.9 Å². The first-order valence-corrected chi connectivity index (χ1v) is 6.24. The van der Waals surface area contributed by atoms with E-state index in [0.29, 0.717) is 12.5 Å². The van der Waals surface area contributed by atoms with Crippen molar-refractivity contribution >= 4 is 21.9 Å². The Balaban J connectivity index is 2.40. The summed E-state index contributed by atoms with van der Waals surface area (Å²) < 4.78 is 6.11. The molecule has 4 nitrogen and oxygen atoms in total. The van der Waals surface area contributed by atoms with E-state index in [0.717, 1.165) is 30.1 Å². The molecule has 0 aromatic rings. The molecule has 1 atom stereocenters. The number of hydrogen-bond donors (Lipinski definition) is 1. The maximum atomic E-state index is 5.18. The molecule has 0 amide bonds. The molecule has 1 aliphatic heterocycles. The number of nitrogens with zero attached hydrogens (tertiary/aromatic N) is 2. The maximum absolute atomic E-state index is 5.18. The zero-order valence-corrected chi connectivity index (χ0v) is 11.6. The summed E-state index contributed by atoms with van der Waals surface area (Å²) in [6.45, 7) is 7.39. The minimum Gasteiger partial charge on any atom is -0.384 e. The second-order valence-electron chi connectivity index (χ2n) is 3.97. The van der Waals surface area contributed by atoms with Crippen molar-refractivity contribution in [1.82, 2.24) is 10.2 Å². The van der Waals surface area contributed by atoms with Crippen molar-refractivity contribution in [3.8, 4) is 0 Å². The molecule has 92 valence electrons. The van der Waals surface area contributed by atoms with E-state index in [2.05, 4.69) is 37.7 Å². The highest BCUT2D eigenvalue weighted by molar-refractivity contribution is 9.11. The summed E-state index contributed by atoms with van der Waals surface area (Å²) in [5, 5.41) is 3.26. The molecule has 0 aromatic carbocycles. The number of likely N-dealkylation sites (tertiary alicyclic amines) is 1. The van der Waals surface area contributed by atoms with Gasteiger partial charge in [0.2, 0.25) is 0 Å². The Morgan fingerprint density at radius 2 is 2.44 bits per heavy atom. The van der Waals surface area contributed by atoms with Gasteiger partial charge in [0.1, 0.15) is 0 Å². The number of rotatable bonds is 4. The summed E-state index contributed by atoms with van der Waals surface area (Å²) in [5.41, 5.74) is 0. The van der Waals surface area contributed by atoms with E-state index >= 15 is 0 Å². The van der Waals surface area contributed by atoms with Crippen LogP contribution in [0.2, 0.25) is 0 Å². The molecule has 0 aliphatic carbocycles. The Labute approximate surface area is 106 Å². The van der Waals surface area contributed by atoms with Crippen LogP contribution in [0.1, 0.15) is 6.42 Å². The van der Waals surface area contributed by atoms with Gasteiger partial charge < -0.3 is 15.0 Å². The molecular formula is C11H20BrN3O. The first kappa shape index (κ1) is 13.5. The third-order valence-electron chi connectivity index (χ3n) is 2.64. The van der Waals surface area contributed by atoms with Crippen LogP contribution in [0, 0.1) is 5.92 Å². The lowest BCUT2D eigenvalue weighted by atomic mass is 10.1. The Morgan fingerprint density at radius 3 is 3.00 bits per heavy atom. The van der Waals surface area contributed by atoms with Crippen molar-refractivity contribution < 1.29 is 4.74 Å². The topological polar surface area (TPSA) is 36.9 Å². The number of halogens is 1. The zero-order valence-electron chi connectivity index (χ0n) is 10.0. The van der Waals surface area contributed by atoms with Crippen LogP contribution in [0.5, 0.6) is 0 Å². The molecule has 16 heavy (non-hydrogen) atoms. The van der Waals surface area contributed by atoms with Gasteiger partial charge in [0, 0.05) is 44.2 Å². The summed E-state index contributed by atoms with van der Waals surface area (Å²) in [7, 11) is 3.56. The molecule has 1 aliphatic rings. The first-order chi connectivity index (χ1) is 7.67. The number of nitrogens with one attached hydrogen (secondary N) is 1. The van der Waals surface area contributed by atoms with E-state index in [1.54, 1.807) is 7.11 Å². The summed E-state index contributed by atoms with van der Waals surface area (Å²) >= 11 is 3.33. The van der Waals surface area contributed by atoms with Crippen LogP contribution < -0.4 is 5.32 Å². The first-order valence-electron chi connectivity index (χ1n) is 5.45. The molecule has 1 fully saturated rings. The largest absolute Gasteiger partial charge is 0.384 e. The van der Waals surface area contributed by atoms with E-state index in [4.69, 9.17) is 4.74 Å². The van der Waals surface area contributed by atoms with Gasteiger partial charge in [-0.2, -0.15) is 0 Å². The Hall–Kier alpha value is -0.550. The minimum absolute atomic E-state index is 0.621. The minimum atomic E-state index is 0.621. The van der Waals surface area contributed by atoms with Gasteiger partial charge in [-0.15, -0.1) is 0 Å². The monoisotopic (exact) mass is 289 g/mol. The van der Waals surface area contributed by atoms with Crippen LogP contribution in [0.25, 0.3) is 0 Å². The standard InChI is InChI=1S/C11H20BrN3O/c1-9(12)6-14-11(13-2)15-5-4-10(7-15)8-16-3/h10H,1,4-8H2,2-3H3,(H,13,14). The summed E-state index contributed by atoms with van der Waals surface area (Å²) in [5.74, 6) is 1.56. The SMILES string of the molecule is C=C(Br)CNC(=NC)N1CCC(COC)C1. The lowest BCUT2D eigenvalue weighted by Gasteiger charge is -2.21. The predicted octanol–water partition coefficient (Wildman–Crippen LogP) is 1.44. The second kappa shape index (κ2) is 6.91. The van der Waals surface area contributed by atoms with Crippen LogP contribution >= 0.6 is 15.9 Å². The molecule has 0 spiro atoms. The van der Waals surface area contributed by atoms with Gasteiger partial charge in [-0.1, -0.05) is 22.5 Å². The quantitative estimate of drug-likeness (QED) is 0.629. The summed E-state index contributed by atoms with van der Waals surface area (Å²) in [6.07, 6.45) is 1.17. The van der Waals surface area contributed by atoms with Crippen molar-refractivity contribution in [3.05, 3.63) is 11.1 Å². The van der Waals surface area contributed by atoms with Crippen LogP contribution in [0.3, 0.4) is 0 Å². The highest BCUT2D eigenvalue weighted by Crippen LogP contribution is 2.16. The average molecular weight is 290 g/mol. The molecule has 0 radical (unpaired) electrons. The van der Waals surface area contributed by atoms with Crippen LogP contribution in [0.4, 0.5) is 0 Å². The summed E-state index contributed by atoms with van der Waals surface area (Å²) in [4.78, 5) is 6.53. The maximum Gasteiger partial charge on any atom is 0.193 e. The molecule has 1 N–H and O–H groups in total. The fraction of sp³-hybridized carbons (Fsp3) is 0.727.